The first kappa shape index (κ1) is 15.3. The molecule has 0 radical (unpaired) electrons. The number of carbonyl (C=O) groups excluding carboxylic acids is 2. The van der Waals surface area contributed by atoms with Gasteiger partial charge in [-0.25, -0.2) is 9.59 Å². The summed E-state index contributed by atoms with van der Waals surface area (Å²) in [5, 5.41) is 1.03. The largest absolute Gasteiger partial charge is 0.461 e. The Kier molecular flexibility index (Phi) is 3.32. The molecule has 1 aliphatic rings. The molecule has 0 saturated carbocycles. The first-order valence-electron chi connectivity index (χ1n) is 7.37. The third-order valence-electron chi connectivity index (χ3n) is 3.84. The molecule has 5 heteroatoms. The second-order valence-electron chi connectivity index (χ2n) is 6.24. The first-order valence-corrected chi connectivity index (χ1v) is 7.37. The van der Waals surface area contributed by atoms with Crippen LogP contribution in [0.2, 0.25) is 0 Å². The molecule has 0 spiro atoms. The number of hydrogen-bond acceptors (Lipinski definition) is 5. The summed E-state index contributed by atoms with van der Waals surface area (Å²) in [5.41, 5.74) is 3.23. The van der Waals surface area contributed by atoms with Gasteiger partial charge in [0.15, 0.2) is 0 Å². The van der Waals surface area contributed by atoms with Crippen LogP contribution >= 0.6 is 0 Å². The summed E-state index contributed by atoms with van der Waals surface area (Å²) in [4.78, 5) is 24.1. The van der Waals surface area contributed by atoms with Crippen molar-refractivity contribution in [2.24, 2.45) is 0 Å². The number of rotatable bonds is 1. The molecule has 23 heavy (non-hydrogen) atoms. The van der Waals surface area contributed by atoms with Gasteiger partial charge in [-0.3, -0.25) is 0 Å². The number of benzene rings is 1. The molecule has 0 atom stereocenters. The molecule has 2 heterocycles. The summed E-state index contributed by atoms with van der Waals surface area (Å²) >= 11 is 0. The number of cyclic esters (lactones) is 2. The van der Waals surface area contributed by atoms with Crippen LogP contribution in [0.15, 0.2) is 22.1 Å². The number of carbonyl (C=O) groups is 2. The van der Waals surface area contributed by atoms with Crippen molar-refractivity contribution in [2.75, 3.05) is 0 Å². The van der Waals surface area contributed by atoms with E-state index in [9.17, 15) is 9.59 Å². The Balaban J connectivity index is 2.12. The lowest BCUT2D eigenvalue weighted by Gasteiger charge is -2.29. The Labute approximate surface area is 133 Å². The van der Waals surface area contributed by atoms with Gasteiger partial charge in [0.25, 0.3) is 5.79 Å². The molecule has 2 aromatic rings. The minimum Gasteiger partial charge on any atom is -0.461 e. The highest BCUT2D eigenvalue weighted by Crippen LogP contribution is 2.31. The van der Waals surface area contributed by atoms with E-state index in [1.165, 1.54) is 19.9 Å². The normalized spacial score (nSPS) is 17.2. The van der Waals surface area contributed by atoms with Crippen LogP contribution in [0.4, 0.5) is 0 Å². The van der Waals surface area contributed by atoms with Gasteiger partial charge in [-0.2, -0.15) is 0 Å². The molecular weight excluding hydrogens is 296 g/mol. The van der Waals surface area contributed by atoms with Crippen LogP contribution in [0.3, 0.4) is 0 Å². The van der Waals surface area contributed by atoms with Crippen LogP contribution in [-0.4, -0.2) is 17.7 Å². The lowest BCUT2D eigenvalue weighted by molar-refractivity contribution is -0.222. The van der Waals surface area contributed by atoms with Crippen LogP contribution in [0.1, 0.15) is 36.3 Å². The van der Waals surface area contributed by atoms with Gasteiger partial charge in [-0.05, 0) is 49.6 Å². The summed E-state index contributed by atoms with van der Waals surface area (Å²) in [6.07, 6.45) is 1.50. The topological polar surface area (TPSA) is 65.7 Å². The Morgan fingerprint density at radius 3 is 2.22 bits per heavy atom. The fourth-order valence-corrected chi connectivity index (χ4v) is 2.72. The number of hydrogen-bond donors (Lipinski definition) is 0. The summed E-state index contributed by atoms with van der Waals surface area (Å²) in [6, 6.07) is 3.89. The van der Waals surface area contributed by atoms with Crippen molar-refractivity contribution in [1.82, 2.24) is 0 Å². The Bertz CT molecular complexity index is 845. The van der Waals surface area contributed by atoms with Gasteiger partial charge in [-0.15, -0.1) is 0 Å². The molecule has 0 aliphatic carbocycles. The van der Waals surface area contributed by atoms with Gasteiger partial charge in [0.05, 0.1) is 0 Å². The molecule has 1 aromatic carbocycles. The van der Waals surface area contributed by atoms with Crippen molar-refractivity contribution < 1.29 is 23.5 Å². The maximum Gasteiger partial charge on any atom is 0.348 e. The van der Waals surface area contributed by atoms with Crippen molar-refractivity contribution in [3.63, 3.8) is 0 Å². The van der Waals surface area contributed by atoms with Crippen molar-refractivity contribution in [1.29, 1.82) is 0 Å². The minimum absolute atomic E-state index is 0.116. The van der Waals surface area contributed by atoms with Crippen LogP contribution in [-0.2, 0) is 19.1 Å². The molecular formula is C18H18O5. The average molecular weight is 314 g/mol. The van der Waals surface area contributed by atoms with E-state index in [1.54, 1.807) is 0 Å². The SMILES string of the molecule is Cc1cc2c(C)cc(C=C3C(=O)OC(C)(C)OC3=O)c(C)c2o1. The number of furan rings is 1. The van der Waals surface area contributed by atoms with Gasteiger partial charge in [0.1, 0.15) is 16.9 Å². The predicted molar refractivity (Wildman–Crippen MR) is 84.7 cm³/mol. The first-order chi connectivity index (χ1) is 10.7. The van der Waals surface area contributed by atoms with E-state index in [4.69, 9.17) is 13.9 Å². The monoisotopic (exact) mass is 314 g/mol. The fourth-order valence-electron chi connectivity index (χ4n) is 2.72. The third kappa shape index (κ3) is 2.63. The van der Waals surface area contributed by atoms with E-state index in [0.29, 0.717) is 0 Å². The molecule has 1 saturated heterocycles. The highest BCUT2D eigenvalue weighted by Gasteiger charge is 2.38. The molecule has 5 nitrogen and oxygen atoms in total. The van der Waals surface area contributed by atoms with Crippen LogP contribution in [0.5, 0.6) is 0 Å². The lowest BCUT2D eigenvalue weighted by Crippen LogP contribution is -2.41. The average Bonchev–Trinajstić information content (AvgIpc) is 2.81. The molecule has 3 rings (SSSR count). The molecule has 120 valence electrons. The van der Waals surface area contributed by atoms with E-state index < -0.39 is 17.7 Å². The maximum absolute atomic E-state index is 12.1. The molecule has 0 bridgehead atoms. The number of fused-ring (bicyclic) bond motifs is 1. The second kappa shape index (κ2) is 4.98. The van der Waals surface area contributed by atoms with Gasteiger partial charge in [0.2, 0.25) is 0 Å². The zero-order valence-corrected chi connectivity index (χ0v) is 13.8. The number of esters is 2. The van der Waals surface area contributed by atoms with E-state index in [0.717, 1.165) is 33.4 Å². The minimum atomic E-state index is -1.24. The smallest absolute Gasteiger partial charge is 0.348 e. The van der Waals surface area contributed by atoms with E-state index in [2.05, 4.69) is 0 Å². The van der Waals surface area contributed by atoms with Crippen molar-refractivity contribution in [3.8, 4) is 0 Å². The highest BCUT2D eigenvalue weighted by molar-refractivity contribution is 6.19. The summed E-state index contributed by atoms with van der Waals surface area (Å²) in [5.74, 6) is -1.79. The van der Waals surface area contributed by atoms with Crippen LogP contribution in [0, 0.1) is 20.8 Å². The van der Waals surface area contributed by atoms with E-state index in [-0.39, 0.29) is 5.57 Å². The Morgan fingerprint density at radius 2 is 1.61 bits per heavy atom. The number of aryl methyl sites for hydroxylation is 3. The lowest BCUT2D eigenvalue weighted by atomic mass is 9.99. The molecule has 0 unspecified atom stereocenters. The van der Waals surface area contributed by atoms with Crippen molar-refractivity contribution >= 4 is 29.0 Å². The number of ether oxygens (including phenoxy) is 2. The molecule has 1 aliphatic heterocycles. The van der Waals surface area contributed by atoms with Gasteiger partial charge < -0.3 is 13.9 Å². The second-order valence-corrected chi connectivity index (χ2v) is 6.24. The molecule has 0 amide bonds. The summed E-state index contributed by atoms with van der Waals surface area (Å²) in [7, 11) is 0. The standard InChI is InChI=1S/C18H18O5/c1-9-6-12(11(3)15-13(9)7-10(2)21-15)8-14-16(19)22-18(4,5)23-17(14)20/h6-8H,1-5H3. The third-order valence-corrected chi connectivity index (χ3v) is 3.84. The van der Waals surface area contributed by atoms with Gasteiger partial charge >= 0.3 is 11.9 Å². The zero-order valence-electron chi connectivity index (χ0n) is 13.8. The summed E-state index contributed by atoms with van der Waals surface area (Å²) < 4.78 is 16.0. The van der Waals surface area contributed by atoms with Gasteiger partial charge in [0, 0.05) is 19.2 Å². The van der Waals surface area contributed by atoms with E-state index in [1.807, 2.05) is 32.9 Å². The summed E-state index contributed by atoms with van der Waals surface area (Å²) in [6.45, 7) is 8.77. The maximum atomic E-state index is 12.1. The van der Waals surface area contributed by atoms with Crippen LogP contribution in [0.25, 0.3) is 17.0 Å². The quantitative estimate of drug-likeness (QED) is 0.457. The fraction of sp³-hybridized carbons (Fsp3) is 0.333. The Hall–Kier alpha value is -2.56. The van der Waals surface area contributed by atoms with Crippen molar-refractivity contribution in [3.05, 3.63) is 40.2 Å². The Morgan fingerprint density at radius 1 is 1.00 bits per heavy atom. The van der Waals surface area contributed by atoms with Crippen molar-refractivity contribution in [2.45, 2.75) is 40.4 Å². The highest BCUT2D eigenvalue weighted by atomic mass is 16.7. The van der Waals surface area contributed by atoms with Gasteiger partial charge in [-0.1, -0.05) is 6.07 Å². The van der Waals surface area contributed by atoms with Crippen LogP contribution < -0.4 is 0 Å². The molecule has 1 fully saturated rings. The van der Waals surface area contributed by atoms with E-state index >= 15 is 0 Å². The zero-order chi connectivity index (χ0) is 16.9. The molecule has 0 N–H and O–H groups in total. The predicted octanol–water partition coefficient (Wildman–Crippen LogP) is 3.58. The molecule has 1 aromatic heterocycles.